The van der Waals surface area contributed by atoms with E-state index in [1.165, 1.54) is 50.6 Å². The van der Waals surface area contributed by atoms with Crippen LogP contribution in [0.15, 0.2) is 110 Å². The number of fused-ring (bicyclic) bond motifs is 1. The van der Waals surface area contributed by atoms with E-state index in [0.29, 0.717) is 17.0 Å². The number of pyridine rings is 1. The van der Waals surface area contributed by atoms with Crippen molar-refractivity contribution in [2.45, 2.75) is 58.2 Å². The largest absolute Gasteiger partial charge is 0.611 e. The van der Waals surface area contributed by atoms with E-state index >= 15 is 0 Å². The third-order valence-corrected chi connectivity index (χ3v) is 16.5. The number of benzene rings is 4. The minimum atomic E-state index is -4.56. The average Bonchev–Trinajstić information content (AvgIpc) is 3.74. The molecule has 0 spiro atoms. The standard InChI is InChI=1S/C45H47N3O15S4/c1-28-7-11-32(12-8-28)65(52,53)21-19-60-40(49)25-62-37-17-15-34(23-39(37)63-26-41(50)61-20-22-66(54,55)33-13-9-29(2)10-14-33)67(56,57)45-47-35-16-18-38(58-5)44(42(35)48-45)64(51)27-36-31(4)43(59-6)30(3)24-46-36/h7-18,23-24H,19-22,25-27H2,1-6H3,(H,47,48). The molecule has 0 aliphatic rings. The normalized spacial score (nSPS) is 12.3. The molecule has 2 heterocycles. The highest BCUT2D eigenvalue weighted by molar-refractivity contribution is 7.92. The number of hydrogen-bond acceptors (Lipinski definition) is 17. The van der Waals surface area contributed by atoms with Crippen molar-refractivity contribution in [1.29, 1.82) is 0 Å². The highest BCUT2D eigenvalue weighted by Crippen LogP contribution is 2.37. The van der Waals surface area contributed by atoms with Crippen molar-refractivity contribution >= 4 is 63.7 Å². The highest BCUT2D eigenvalue weighted by atomic mass is 32.2. The number of aromatic amines is 1. The third-order valence-electron chi connectivity index (χ3n) is 10.2. The SMILES string of the molecule is COc1ccc2[nH]c(S(=O)(=O)c3ccc(OCC(=O)OCCS(=O)(=O)c4ccc(C)cc4)c(OCC(=O)OCCS(=O)(=O)c4ccc(C)cc4)c3)nc2c1[S+]([O-])Cc1ncc(C)c(OC)c1C. The molecule has 0 saturated heterocycles. The minimum absolute atomic E-state index is 0.0420. The summed E-state index contributed by atoms with van der Waals surface area (Å²) in [6, 6.07) is 18.6. The van der Waals surface area contributed by atoms with E-state index in [1.54, 1.807) is 51.2 Å². The van der Waals surface area contributed by atoms with Crippen molar-refractivity contribution in [3.8, 4) is 23.0 Å². The van der Waals surface area contributed by atoms with E-state index in [4.69, 9.17) is 28.4 Å². The first-order valence-electron chi connectivity index (χ1n) is 20.2. The maximum Gasteiger partial charge on any atom is 0.344 e. The number of nitrogens with zero attached hydrogens (tertiary/aromatic N) is 2. The molecule has 0 fully saturated rings. The number of aryl methyl sites for hydroxylation is 3. The molecule has 1 unspecified atom stereocenters. The number of ether oxygens (including phenoxy) is 6. The summed E-state index contributed by atoms with van der Waals surface area (Å²) in [4.78, 5) is 36.9. The third kappa shape index (κ3) is 12.0. The monoisotopic (exact) mass is 997 g/mol. The predicted molar refractivity (Wildman–Crippen MR) is 244 cm³/mol. The van der Waals surface area contributed by atoms with Gasteiger partial charge in [-0.3, -0.25) is 4.98 Å². The summed E-state index contributed by atoms with van der Waals surface area (Å²) in [7, 11) is -9.26. The summed E-state index contributed by atoms with van der Waals surface area (Å²) in [5.41, 5.74) is 3.92. The summed E-state index contributed by atoms with van der Waals surface area (Å²) in [5.74, 6) is -2.96. The predicted octanol–water partition coefficient (Wildman–Crippen LogP) is 5.14. The summed E-state index contributed by atoms with van der Waals surface area (Å²) < 4.78 is 126. The van der Waals surface area contributed by atoms with E-state index < -0.39 is 101 Å². The second kappa shape index (κ2) is 21.2. The van der Waals surface area contributed by atoms with Gasteiger partial charge in [0.25, 0.3) is 0 Å². The van der Waals surface area contributed by atoms with E-state index in [-0.39, 0.29) is 48.7 Å². The fourth-order valence-corrected chi connectivity index (χ4v) is 11.3. The smallest absolute Gasteiger partial charge is 0.344 e. The number of carbonyl (C=O) groups is 2. The first-order valence-corrected chi connectivity index (χ1v) is 26.3. The highest BCUT2D eigenvalue weighted by Gasteiger charge is 2.31. The Morgan fingerprint density at radius 2 is 1.19 bits per heavy atom. The van der Waals surface area contributed by atoms with Crippen LogP contribution >= 0.6 is 0 Å². The molecular weight excluding hydrogens is 951 g/mol. The Labute approximate surface area is 390 Å². The molecular formula is C45H47N3O15S4. The zero-order valence-electron chi connectivity index (χ0n) is 37.2. The first kappa shape index (κ1) is 50.2. The molecule has 0 saturated carbocycles. The maximum absolute atomic E-state index is 14.2. The molecule has 4 aromatic carbocycles. The number of imidazole rings is 1. The lowest BCUT2D eigenvalue weighted by Crippen LogP contribution is -2.21. The molecule has 2 aromatic heterocycles. The van der Waals surface area contributed by atoms with Crippen LogP contribution in [0.1, 0.15) is 27.9 Å². The summed E-state index contributed by atoms with van der Waals surface area (Å²) in [6.07, 6.45) is 1.60. The van der Waals surface area contributed by atoms with Gasteiger partial charge in [-0.15, -0.1) is 0 Å². The van der Waals surface area contributed by atoms with Gasteiger partial charge >= 0.3 is 11.9 Å². The van der Waals surface area contributed by atoms with Gasteiger partial charge in [0.1, 0.15) is 24.5 Å². The molecule has 1 N–H and O–H groups in total. The van der Waals surface area contributed by atoms with Gasteiger partial charge in [0.05, 0.1) is 51.6 Å². The first-order chi connectivity index (χ1) is 31.7. The van der Waals surface area contributed by atoms with E-state index in [1.807, 2.05) is 6.92 Å². The van der Waals surface area contributed by atoms with Gasteiger partial charge < -0.3 is 38.0 Å². The van der Waals surface area contributed by atoms with Crippen LogP contribution in [0, 0.1) is 27.7 Å². The van der Waals surface area contributed by atoms with Crippen LogP contribution in [-0.2, 0) is 65.5 Å². The van der Waals surface area contributed by atoms with Crippen LogP contribution in [0.2, 0.25) is 0 Å². The van der Waals surface area contributed by atoms with Crippen molar-refractivity contribution in [2.24, 2.45) is 0 Å². The number of sulfone groups is 3. The Kier molecular flexibility index (Phi) is 15.9. The Morgan fingerprint density at radius 1 is 0.672 bits per heavy atom. The number of esters is 2. The zero-order valence-corrected chi connectivity index (χ0v) is 40.4. The Hall–Kier alpha value is -6.20. The van der Waals surface area contributed by atoms with Gasteiger partial charge in [-0.25, -0.2) is 39.8 Å². The van der Waals surface area contributed by atoms with Gasteiger partial charge in [0.15, 0.2) is 55.9 Å². The fraction of sp³-hybridized carbons (Fsp3) is 0.289. The molecule has 6 rings (SSSR count). The maximum atomic E-state index is 14.2. The number of rotatable bonds is 21. The molecule has 0 bridgehead atoms. The fourth-order valence-electron chi connectivity index (χ4n) is 6.54. The van der Waals surface area contributed by atoms with Crippen molar-refractivity contribution in [1.82, 2.24) is 15.0 Å². The number of nitrogens with one attached hydrogen (secondary N) is 1. The number of methoxy groups -OCH3 is 2. The van der Waals surface area contributed by atoms with Crippen LogP contribution < -0.4 is 18.9 Å². The van der Waals surface area contributed by atoms with E-state index in [0.717, 1.165) is 34.9 Å². The zero-order chi connectivity index (χ0) is 48.7. The van der Waals surface area contributed by atoms with Gasteiger partial charge in [-0.05, 0) is 87.4 Å². The number of carbonyl (C=O) groups excluding carboxylic acids is 2. The molecule has 67 heavy (non-hydrogen) atoms. The van der Waals surface area contributed by atoms with Crippen LogP contribution in [0.4, 0.5) is 0 Å². The van der Waals surface area contributed by atoms with Crippen LogP contribution in [0.5, 0.6) is 23.0 Å². The lowest BCUT2D eigenvalue weighted by atomic mass is 10.1. The molecule has 356 valence electrons. The molecule has 22 heteroatoms. The van der Waals surface area contributed by atoms with Crippen molar-refractivity contribution in [2.75, 3.05) is 52.2 Å². The molecule has 0 aliphatic carbocycles. The molecule has 18 nitrogen and oxygen atoms in total. The Bertz CT molecular complexity index is 3120. The van der Waals surface area contributed by atoms with E-state index in [2.05, 4.69) is 15.0 Å². The Morgan fingerprint density at radius 3 is 1.73 bits per heavy atom. The van der Waals surface area contributed by atoms with Crippen molar-refractivity contribution in [3.05, 3.63) is 113 Å². The molecule has 0 radical (unpaired) electrons. The molecule has 6 aromatic rings. The summed E-state index contributed by atoms with van der Waals surface area (Å²) >= 11 is -1.86. The summed E-state index contributed by atoms with van der Waals surface area (Å²) in [6.45, 7) is 4.55. The number of aromatic nitrogens is 3. The molecule has 1 atom stereocenters. The second-order valence-electron chi connectivity index (χ2n) is 15.0. The lowest BCUT2D eigenvalue weighted by molar-refractivity contribution is -0.146. The summed E-state index contributed by atoms with van der Waals surface area (Å²) in [5, 5.41) is -0.557. The lowest BCUT2D eigenvalue weighted by Gasteiger charge is -2.16. The van der Waals surface area contributed by atoms with Crippen LogP contribution in [0.25, 0.3) is 11.0 Å². The molecule has 0 amide bonds. The minimum Gasteiger partial charge on any atom is -0.611 e. The Balaban J connectivity index is 1.22. The quantitative estimate of drug-likeness (QED) is 0.0723. The van der Waals surface area contributed by atoms with Gasteiger partial charge in [0, 0.05) is 23.4 Å². The van der Waals surface area contributed by atoms with Crippen molar-refractivity contribution < 1.29 is 67.8 Å². The van der Waals surface area contributed by atoms with Gasteiger partial charge in [0.2, 0.25) is 19.9 Å². The average molecular weight is 998 g/mol. The van der Waals surface area contributed by atoms with Gasteiger partial charge in [-0.1, -0.05) is 35.4 Å². The second-order valence-corrected chi connectivity index (χ2v) is 22.4. The number of H-pyrrole nitrogens is 1. The van der Waals surface area contributed by atoms with Gasteiger partial charge in [-0.2, -0.15) is 0 Å². The topological polar surface area (TPSA) is 257 Å². The van der Waals surface area contributed by atoms with E-state index in [9.17, 15) is 39.4 Å². The van der Waals surface area contributed by atoms with Crippen molar-refractivity contribution in [3.63, 3.8) is 0 Å². The van der Waals surface area contributed by atoms with Crippen LogP contribution in [-0.4, -0.2) is 109 Å². The molecule has 0 aliphatic heterocycles. The number of hydrogen-bond donors (Lipinski definition) is 1. The van der Waals surface area contributed by atoms with Crippen LogP contribution in [0.3, 0.4) is 0 Å².